The van der Waals surface area contributed by atoms with E-state index >= 15 is 0 Å². The van der Waals surface area contributed by atoms with Crippen molar-refractivity contribution in [1.29, 1.82) is 0 Å². The standard InChI is InChI=1S/C33H43N7O3/c1-24-19-29(37-16-9-26(10-17-37)21-36-14-11-28(12-15-36)40-23-27(34)20-35-40)5-8-31(24)38-18-13-32(41)39(33(38)42)22-25-3-6-30(43-2)7-4-25/h3-8,19-20,23,26,28H,9-18,21-22,34H2,1-2H3. The number of urea groups is 1. The van der Waals surface area contributed by atoms with E-state index in [-0.39, 0.29) is 18.5 Å². The highest BCUT2D eigenvalue weighted by atomic mass is 16.5. The number of piperidine rings is 2. The van der Waals surface area contributed by atoms with Crippen molar-refractivity contribution in [2.24, 2.45) is 5.92 Å². The van der Waals surface area contributed by atoms with Crippen LogP contribution in [0.4, 0.5) is 21.9 Å². The second-order valence-electron chi connectivity index (χ2n) is 12.2. The van der Waals surface area contributed by atoms with Gasteiger partial charge in [0.25, 0.3) is 0 Å². The number of aryl methyl sites for hydroxylation is 1. The predicted octanol–water partition coefficient (Wildman–Crippen LogP) is 4.69. The second-order valence-corrected chi connectivity index (χ2v) is 12.2. The van der Waals surface area contributed by atoms with E-state index in [1.807, 2.05) is 41.2 Å². The van der Waals surface area contributed by atoms with Gasteiger partial charge in [-0.25, -0.2) is 4.79 Å². The minimum absolute atomic E-state index is 0.137. The molecule has 3 aliphatic heterocycles. The van der Waals surface area contributed by atoms with Gasteiger partial charge in [-0.2, -0.15) is 5.10 Å². The van der Waals surface area contributed by atoms with E-state index in [9.17, 15) is 9.59 Å². The number of rotatable bonds is 8. The topological polar surface area (TPSA) is 100 Å². The van der Waals surface area contributed by atoms with Crippen LogP contribution in [0.3, 0.4) is 0 Å². The van der Waals surface area contributed by atoms with Gasteiger partial charge in [-0.15, -0.1) is 0 Å². The Hall–Kier alpha value is -4.05. The smallest absolute Gasteiger partial charge is 0.331 e. The van der Waals surface area contributed by atoms with E-state index in [1.165, 1.54) is 30.0 Å². The zero-order chi connectivity index (χ0) is 29.9. The molecule has 43 heavy (non-hydrogen) atoms. The van der Waals surface area contributed by atoms with Gasteiger partial charge in [0.05, 0.1) is 31.6 Å². The van der Waals surface area contributed by atoms with E-state index in [0.717, 1.165) is 67.3 Å². The Bertz CT molecular complexity index is 1420. The third-order valence-corrected chi connectivity index (χ3v) is 9.33. The number of imide groups is 1. The van der Waals surface area contributed by atoms with Gasteiger partial charge in [0.1, 0.15) is 5.75 Å². The molecular weight excluding hydrogens is 542 g/mol. The maximum atomic E-state index is 13.5. The summed E-state index contributed by atoms with van der Waals surface area (Å²) in [5.41, 5.74) is 10.6. The highest BCUT2D eigenvalue weighted by Crippen LogP contribution is 2.32. The molecule has 4 heterocycles. The molecule has 3 aromatic rings. The number of anilines is 3. The zero-order valence-corrected chi connectivity index (χ0v) is 25.3. The van der Waals surface area contributed by atoms with Crippen molar-refractivity contribution in [3.63, 3.8) is 0 Å². The maximum Gasteiger partial charge on any atom is 0.331 e. The van der Waals surface area contributed by atoms with Gasteiger partial charge in [0.2, 0.25) is 5.91 Å². The van der Waals surface area contributed by atoms with Crippen LogP contribution in [0, 0.1) is 12.8 Å². The summed E-state index contributed by atoms with van der Waals surface area (Å²) >= 11 is 0. The first-order valence-corrected chi connectivity index (χ1v) is 15.5. The Kier molecular flexibility index (Phi) is 8.56. The summed E-state index contributed by atoms with van der Waals surface area (Å²) in [5, 5.41) is 4.41. The average Bonchev–Trinajstić information content (AvgIpc) is 3.47. The molecule has 3 aliphatic rings. The van der Waals surface area contributed by atoms with E-state index in [4.69, 9.17) is 10.5 Å². The number of hydrogen-bond donors (Lipinski definition) is 1. The van der Waals surface area contributed by atoms with Crippen molar-refractivity contribution < 1.29 is 14.3 Å². The van der Waals surface area contributed by atoms with Gasteiger partial charge >= 0.3 is 6.03 Å². The zero-order valence-electron chi connectivity index (χ0n) is 25.3. The fraction of sp³-hybridized carbons (Fsp3) is 0.485. The summed E-state index contributed by atoms with van der Waals surface area (Å²) in [6.45, 7) is 8.19. The summed E-state index contributed by atoms with van der Waals surface area (Å²) in [6, 6.07) is 14.1. The highest BCUT2D eigenvalue weighted by molar-refractivity contribution is 6.06. The molecule has 0 bridgehead atoms. The van der Waals surface area contributed by atoms with Crippen LogP contribution >= 0.6 is 0 Å². The number of nitrogen functional groups attached to an aromatic ring is 1. The van der Waals surface area contributed by atoms with E-state index in [1.54, 1.807) is 18.2 Å². The monoisotopic (exact) mass is 585 g/mol. The lowest BCUT2D eigenvalue weighted by molar-refractivity contribution is -0.129. The Morgan fingerprint density at radius 2 is 1.70 bits per heavy atom. The molecule has 10 heteroatoms. The van der Waals surface area contributed by atoms with Gasteiger partial charge < -0.3 is 20.3 Å². The molecule has 2 N–H and O–H groups in total. The van der Waals surface area contributed by atoms with Crippen LogP contribution in [-0.4, -0.2) is 77.9 Å². The van der Waals surface area contributed by atoms with Crippen LogP contribution < -0.4 is 20.3 Å². The molecule has 10 nitrogen and oxygen atoms in total. The van der Waals surface area contributed by atoms with E-state index < -0.39 is 0 Å². The Morgan fingerprint density at radius 3 is 2.35 bits per heavy atom. The Morgan fingerprint density at radius 1 is 0.953 bits per heavy atom. The number of nitrogens with two attached hydrogens (primary N) is 1. The molecule has 0 unspecified atom stereocenters. The number of aromatic nitrogens is 2. The molecule has 0 radical (unpaired) electrons. The number of benzene rings is 2. The van der Waals surface area contributed by atoms with Crippen LogP contribution in [0.25, 0.3) is 0 Å². The number of likely N-dealkylation sites (tertiary alicyclic amines) is 1. The minimum Gasteiger partial charge on any atom is -0.497 e. The molecule has 0 atom stereocenters. The van der Waals surface area contributed by atoms with Crippen molar-refractivity contribution in [2.75, 3.05) is 61.9 Å². The maximum absolute atomic E-state index is 13.5. The largest absolute Gasteiger partial charge is 0.497 e. The highest BCUT2D eigenvalue weighted by Gasteiger charge is 2.34. The number of carbonyl (C=O) groups is 2. The van der Waals surface area contributed by atoms with E-state index in [0.29, 0.717) is 24.9 Å². The van der Waals surface area contributed by atoms with E-state index in [2.05, 4.69) is 34.0 Å². The first kappa shape index (κ1) is 29.0. The first-order valence-electron chi connectivity index (χ1n) is 15.5. The number of carbonyl (C=O) groups excluding carboxylic acids is 2. The average molecular weight is 586 g/mol. The molecule has 0 saturated carbocycles. The van der Waals surface area contributed by atoms with Gasteiger partial charge in [-0.3, -0.25) is 19.3 Å². The van der Waals surface area contributed by atoms with Crippen LogP contribution in [0.5, 0.6) is 5.75 Å². The SMILES string of the molecule is COc1ccc(CN2C(=O)CCN(c3ccc(N4CCC(CN5CCC(n6cc(N)cn6)CC5)CC4)cc3C)C2=O)cc1. The Balaban J connectivity index is 1.02. The second kappa shape index (κ2) is 12.7. The molecule has 0 aliphatic carbocycles. The third-order valence-electron chi connectivity index (χ3n) is 9.33. The van der Waals surface area contributed by atoms with Gasteiger partial charge in [0.15, 0.2) is 0 Å². The fourth-order valence-electron chi connectivity index (χ4n) is 6.78. The number of hydrogen-bond acceptors (Lipinski definition) is 7. The minimum atomic E-state index is -0.262. The summed E-state index contributed by atoms with van der Waals surface area (Å²) in [7, 11) is 1.62. The molecule has 6 rings (SSSR count). The van der Waals surface area contributed by atoms with Crippen molar-refractivity contribution in [3.8, 4) is 5.75 Å². The van der Waals surface area contributed by atoms with Crippen LogP contribution in [0.1, 0.15) is 49.3 Å². The van der Waals surface area contributed by atoms with Crippen LogP contribution in [0.15, 0.2) is 54.9 Å². The number of nitrogens with zero attached hydrogens (tertiary/aromatic N) is 6. The lowest BCUT2D eigenvalue weighted by atomic mass is 9.94. The van der Waals surface area contributed by atoms with Crippen molar-refractivity contribution >= 4 is 29.0 Å². The van der Waals surface area contributed by atoms with Crippen molar-refractivity contribution in [3.05, 3.63) is 66.0 Å². The molecule has 1 aromatic heterocycles. The summed E-state index contributed by atoms with van der Waals surface area (Å²) < 4.78 is 7.27. The third kappa shape index (κ3) is 6.49. The molecule has 3 amide bonds. The van der Waals surface area contributed by atoms with Gasteiger partial charge in [-0.1, -0.05) is 12.1 Å². The molecular formula is C33H43N7O3. The summed E-state index contributed by atoms with van der Waals surface area (Å²) in [4.78, 5) is 34.4. The molecule has 0 spiro atoms. The number of methoxy groups -OCH3 is 1. The lowest BCUT2D eigenvalue weighted by Crippen LogP contribution is -2.52. The predicted molar refractivity (Wildman–Crippen MR) is 168 cm³/mol. The molecule has 3 fully saturated rings. The first-order chi connectivity index (χ1) is 20.9. The van der Waals surface area contributed by atoms with Gasteiger partial charge in [-0.05, 0) is 80.0 Å². The summed E-state index contributed by atoms with van der Waals surface area (Å²) in [6.07, 6.45) is 8.62. The Labute approximate surface area is 254 Å². The molecule has 228 valence electrons. The number of ether oxygens (including phenoxy) is 1. The molecule has 3 saturated heterocycles. The molecule has 2 aromatic carbocycles. The quantitative estimate of drug-likeness (QED) is 0.409. The van der Waals surface area contributed by atoms with Crippen molar-refractivity contribution in [2.45, 2.75) is 51.6 Å². The fourth-order valence-corrected chi connectivity index (χ4v) is 6.78. The van der Waals surface area contributed by atoms with Crippen LogP contribution in [-0.2, 0) is 11.3 Å². The summed E-state index contributed by atoms with van der Waals surface area (Å²) in [5.74, 6) is 1.32. The normalized spacial score (nSPS) is 19.3. The van der Waals surface area contributed by atoms with Crippen molar-refractivity contribution in [1.82, 2.24) is 19.6 Å². The number of amides is 3. The lowest BCUT2D eigenvalue weighted by Gasteiger charge is -2.39. The van der Waals surface area contributed by atoms with Gasteiger partial charge in [0, 0.05) is 63.3 Å². The van der Waals surface area contributed by atoms with Crippen LogP contribution in [0.2, 0.25) is 0 Å².